The predicted molar refractivity (Wildman–Crippen MR) is 129 cm³/mol. The van der Waals surface area contributed by atoms with Crippen molar-refractivity contribution in [3.63, 3.8) is 0 Å². The summed E-state index contributed by atoms with van der Waals surface area (Å²) >= 11 is 1.24. The third-order valence-corrected chi connectivity index (χ3v) is 7.42. The lowest BCUT2D eigenvalue weighted by Crippen LogP contribution is -2.46. The number of methoxy groups -OCH3 is 1. The molecule has 1 unspecified atom stereocenters. The molecule has 1 atom stereocenters. The van der Waals surface area contributed by atoms with Crippen LogP contribution in [-0.4, -0.2) is 50.6 Å². The van der Waals surface area contributed by atoms with Gasteiger partial charge >= 0.3 is 0 Å². The SMILES string of the molecule is CCN1CCN(c2ccc(F)cc2C(C)NC(=O)c2sc3cccc(F)c3c2COC)CC1. The molecule has 0 saturated carbocycles. The third kappa shape index (κ3) is 4.88. The summed E-state index contributed by atoms with van der Waals surface area (Å²) in [5.74, 6) is -1.03. The minimum Gasteiger partial charge on any atom is -0.380 e. The maximum Gasteiger partial charge on any atom is 0.262 e. The lowest BCUT2D eigenvalue weighted by Gasteiger charge is -2.37. The van der Waals surface area contributed by atoms with Crippen LogP contribution in [-0.2, 0) is 11.3 Å². The quantitative estimate of drug-likeness (QED) is 0.527. The first-order valence-corrected chi connectivity index (χ1v) is 12.0. The van der Waals surface area contributed by atoms with Crippen molar-refractivity contribution in [2.45, 2.75) is 26.5 Å². The first-order chi connectivity index (χ1) is 15.9. The third-order valence-electron chi connectivity index (χ3n) is 6.22. The molecule has 1 amide bonds. The number of ether oxygens (including phenoxy) is 1. The van der Waals surface area contributed by atoms with Gasteiger partial charge in [0.05, 0.1) is 17.5 Å². The van der Waals surface area contributed by atoms with Crippen molar-refractivity contribution in [3.8, 4) is 0 Å². The Kier molecular flexibility index (Phi) is 7.26. The van der Waals surface area contributed by atoms with E-state index in [2.05, 4.69) is 22.0 Å². The van der Waals surface area contributed by atoms with Gasteiger partial charge in [0.1, 0.15) is 11.6 Å². The number of nitrogens with one attached hydrogen (secondary N) is 1. The number of piperazine rings is 1. The van der Waals surface area contributed by atoms with E-state index in [1.165, 1.54) is 36.6 Å². The van der Waals surface area contributed by atoms with Crippen molar-refractivity contribution >= 4 is 33.0 Å². The molecule has 0 radical (unpaired) electrons. The number of carbonyl (C=O) groups is 1. The number of hydrogen-bond donors (Lipinski definition) is 1. The minimum absolute atomic E-state index is 0.130. The molecular weight excluding hydrogens is 444 g/mol. The van der Waals surface area contributed by atoms with Gasteiger partial charge in [-0.3, -0.25) is 4.79 Å². The zero-order chi connectivity index (χ0) is 23.5. The molecule has 0 bridgehead atoms. The molecule has 1 N–H and O–H groups in total. The number of amides is 1. The van der Waals surface area contributed by atoms with Crippen molar-refractivity contribution in [3.05, 3.63) is 64.0 Å². The van der Waals surface area contributed by atoms with Gasteiger partial charge in [-0.05, 0) is 43.8 Å². The largest absolute Gasteiger partial charge is 0.380 e. The maximum absolute atomic E-state index is 14.5. The zero-order valence-electron chi connectivity index (χ0n) is 19.2. The van der Waals surface area contributed by atoms with Gasteiger partial charge in [-0.15, -0.1) is 11.3 Å². The molecule has 1 aliphatic heterocycles. The molecule has 2 aromatic carbocycles. The van der Waals surface area contributed by atoms with Crippen molar-refractivity contribution in [2.75, 3.05) is 44.7 Å². The summed E-state index contributed by atoms with van der Waals surface area (Å²) < 4.78 is 34.7. The number of hydrogen-bond acceptors (Lipinski definition) is 5. The Hall–Kier alpha value is -2.55. The summed E-state index contributed by atoms with van der Waals surface area (Å²) in [7, 11) is 1.52. The van der Waals surface area contributed by atoms with Gasteiger partial charge in [-0.2, -0.15) is 0 Å². The van der Waals surface area contributed by atoms with Crippen LogP contribution in [0.3, 0.4) is 0 Å². The Bertz CT molecular complexity index is 1140. The molecule has 1 aliphatic rings. The number of nitrogens with zero attached hydrogens (tertiary/aromatic N) is 2. The Labute approximate surface area is 196 Å². The Morgan fingerprint density at radius 2 is 1.94 bits per heavy atom. The molecule has 8 heteroatoms. The minimum atomic E-state index is -0.433. The number of rotatable bonds is 7. The first-order valence-electron chi connectivity index (χ1n) is 11.2. The fourth-order valence-electron chi connectivity index (χ4n) is 4.44. The van der Waals surface area contributed by atoms with E-state index in [-0.39, 0.29) is 24.1 Å². The van der Waals surface area contributed by atoms with Crippen LogP contribution in [0.5, 0.6) is 0 Å². The van der Waals surface area contributed by atoms with E-state index in [9.17, 15) is 13.6 Å². The smallest absolute Gasteiger partial charge is 0.262 e. The fraction of sp³-hybridized carbons (Fsp3) is 0.400. The number of benzene rings is 2. The molecule has 0 spiro atoms. The van der Waals surface area contributed by atoms with Gasteiger partial charge in [0.25, 0.3) is 5.91 Å². The number of fused-ring (bicyclic) bond motifs is 1. The molecule has 5 nitrogen and oxygen atoms in total. The second-order valence-corrected chi connectivity index (χ2v) is 9.33. The molecule has 2 heterocycles. The fourth-order valence-corrected chi connectivity index (χ4v) is 5.56. The van der Waals surface area contributed by atoms with E-state index in [1.807, 2.05) is 6.92 Å². The highest BCUT2D eigenvalue weighted by Gasteiger charge is 2.25. The molecule has 1 aromatic heterocycles. The average Bonchev–Trinajstić information content (AvgIpc) is 3.19. The lowest BCUT2D eigenvalue weighted by atomic mass is 10.0. The Morgan fingerprint density at radius 1 is 1.18 bits per heavy atom. The van der Waals surface area contributed by atoms with E-state index in [0.717, 1.165) is 44.0 Å². The number of halogens is 2. The van der Waals surface area contributed by atoms with Gasteiger partial charge in [-0.1, -0.05) is 13.0 Å². The molecular formula is C25H29F2N3O2S. The highest BCUT2D eigenvalue weighted by molar-refractivity contribution is 7.21. The monoisotopic (exact) mass is 473 g/mol. The maximum atomic E-state index is 14.5. The summed E-state index contributed by atoms with van der Waals surface area (Å²) in [4.78, 5) is 18.3. The zero-order valence-corrected chi connectivity index (χ0v) is 20.0. The number of carbonyl (C=O) groups excluding carboxylic acids is 1. The molecule has 33 heavy (non-hydrogen) atoms. The van der Waals surface area contributed by atoms with Crippen molar-refractivity contribution < 1.29 is 18.3 Å². The van der Waals surface area contributed by atoms with Crippen LogP contribution in [0.15, 0.2) is 36.4 Å². The molecule has 0 aliphatic carbocycles. The van der Waals surface area contributed by atoms with E-state index in [0.29, 0.717) is 20.5 Å². The van der Waals surface area contributed by atoms with Crippen LogP contribution in [0, 0.1) is 11.6 Å². The van der Waals surface area contributed by atoms with Crippen molar-refractivity contribution in [1.82, 2.24) is 10.2 Å². The molecule has 4 rings (SSSR count). The standard InChI is InChI=1S/C25H29F2N3O2S/c1-4-29-10-12-30(13-11-29)21-9-8-17(26)14-18(21)16(2)28-25(31)24-19(15-32-3)23-20(27)6-5-7-22(23)33-24/h5-9,14,16H,4,10-13,15H2,1-3H3,(H,28,31). The van der Waals surface area contributed by atoms with Crippen LogP contribution in [0.25, 0.3) is 10.1 Å². The van der Waals surface area contributed by atoms with Crippen LogP contribution in [0.4, 0.5) is 14.5 Å². The van der Waals surface area contributed by atoms with Crippen molar-refractivity contribution in [2.24, 2.45) is 0 Å². The van der Waals surface area contributed by atoms with Crippen LogP contribution < -0.4 is 10.2 Å². The normalized spacial score (nSPS) is 15.7. The van der Waals surface area contributed by atoms with Gasteiger partial charge in [0, 0.05) is 60.2 Å². The van der Waals surface area contributed by atoms with E-state index in [4.69, 9.17) is 4.74 Å². The summed E-state index contributed by atoms with van der Waals surface area (Å²) in [6.45, 7) is 8.72. The topological polar surface area (TPSA) is 44.8 Å². The van der Waals surface area contributed by atoms with Crippen LogP contribution in [0.2, 0.25) is 0 Å². The van der Waals surface area contributed by atoms with Gasteiger partial charge < -0.3 is 19.9 Å². The van der Waals surface area contributed by atoms with Crippen LogP contribution >= 0.6 is 11.3 Å². The summed E-state index contributed by atoms with van der Waals surface area (Å²) in [5, 5.41) is 3.43. The predicted octanol–water partition coefficient (Wildman–Crippen LogP) is 4.96. The van der Waals surface area contributed by atoms with E-state index >= 15 is 0 Å². The van der Waals surface area contributed by atoms with Crippen LogP contribution in [0.1, 0.15) is 40.7 Å². The molecule has 1 fully saturated rings. The van der Waals surface area contributed by atoms with E-state index < -0.39 is 6.04 Å². The van der Waals surface area contributed by atoms with Crippen molar-refractivity contribution in [1.29, 1.82) is 0 Å². The Morgan fingerprint density at radius 3 is 2.64 bits per heavy atom. The number of anilines is 1. The summed E-state index contributed by atoms with van der Waals surface area (Å²) in [6.07, 6.45) is 0. The molecule has 1 saturated heterocycles. The number of thiophene rings is 1. The second-order valence-electron chi connectivity index (χ2n) is 8.28. The lowest BCUT2D eigenvalue weighted by molar-refractivity contribution is 0.0939. The van der Waals surface area contributed by atoms with Gasteiger partial charge in [-0.25, -0.2) is 8.78 Å². The van der Waals surface area contributed by atoms with Gasteiger partial charge in [0.15, 0.2) is 0 Å². The molecule has 176 valence electrons. The van der Waals surface area contributed by atoms with Gasteiger partial charge in [0.2, 0.25) is 0 Å². The number of likely N-dealkylation sites (N-methyl/N-ethyl adjacent to an activating group) is 1. The molecule has 3 aromatic rings. The Balaban J connectivity index is 1.61. The first kappa shape index (κ1) is 23.6. The second kappa shape index (κ2) is 10.2. The average molecular weight is 474 g/mol. The highest BCUT2D eigenvalue weighted by Crippen LogP contribution is 2.35. The highest BCUT2D eigenvalue weighted by atomic mass is 32.1. The summed E-state index contributed by atoms with van der Waals surface area (Å²) in [6, 6.07) is 9.13. The van der Waals surface area contributed by atoms with E-state index in [1.54, 1.807) is 18.2 Å². The summed E-state index contributed by atoms with van der Waals surface area (Å²) in [5.41, 5.74) is 2.20.